The molecule has 1 aliphatic rings. The molecule has 0 aliphatic carbocycles. The second-order valence-electron chi connectivity index (χ2n) is 5.11. The summed E-state index contributed by atoms with van der Waals surface area (Å²) in [5, 5.41) is 21.4. The number of benzene rings is 1. The molecule has 5 heteroatoms. The predicted octanol–water partition coefficient (Wildman–Crippen LogP) is 1.94. The summed E-state index contributed by atoms with van der Waals surface area (Å²) in [6, 6.07) is 8.65. The molecule has 100 valence electrons. The fourth-order valence-electron chi connectivity index (χ4n) is 2.06. The molecular formula is C14H17N3O2. The summed E-state index contributed by atoms with van der Waals surface area (Å²) in [5.41, 5.74) is 0.457. The third-order valence-corrected chi connectivity index (χ3v) is 3.37. The number of piperidine rings is 1. The summed E-state index contributed by atoms with van der Waals surface area (Å²) < 4.78 is 0. The van der Waals surface area contributed by atoms with Crippen LogP contribution in [0.3, 0.4) is 0 Å². The van der Waals surface area contributed by atoms with Crippen LogP contribution >= 0.6 is 0 Å². The van der Waals surface area contributed by atoms with Crippen molar-refractivity contribution >= 4 is 11.7 Å². The zero-order valence-electron chi connectivity index (χ0n) is 10.9. The molecule has 0 atom stereocenters. The van der Waals surface area contributed by atoms with Crippen LogP contribution in [0.5, 0.6) is 0 Å². The number of aliphatic hydroxyl groups is 1. The quantitative estimate of drug-likeness (QED) is 0.809. The molecule has 1 saturated heterocycles. The number of urea groups is 1. The van der Waals surface area contributed by atoms with Gasteiger partial charge in [0.05, 0.1) is 17.2 Å². The number of carbonyl (C=O) groups excluding carboxylic acids is 1. The topological polar surface area (TPSA) is 76.4 Å². The number of amides is 2. The largest absolute Gasteiger partial charge is 0.390 e. The Morgan fingerprint density at radius 2 is 2.16 bits per heavy atom. The van der Waals surface area contributed by atoms with Crippen molar-refractivity contribution in [3.63, 3.8) is 0 Å². The van der Waals surface area contributed by atoms with Crippen molar-refractivity contribution in [1.82, 2.24) is 4.90 Å². The Morgan fingerprint density at radius 3 is 2.79 bits per heavy atom. The average Bonchev–Trinajstić information content (AvgIpc) is 2.38. The molecule has 0 saturated carbocycles. The lowest BCUT2D eigenvalue weighted by Crippen LogP contribution is -2.46. The Bertz CT molecular complexity index is 510. The molecule has 0 radical (unpaired) electrons. The fourth-order valence-corrected chi connectivity index (χ4v) is 2.06. The van der Waals surface area contributed by atoms with E-state index in [1.54, 1.807) is 36.1 Å². The van der Waals surface area contributed by atoms with Gasteiger partial charge in [0, 0.05) is 18.8 Å². The first-order valence-electron chi connectivity index (χ1n) is 6.29. The van der Waals surface area contributed by atoms with E-state index >= 15 is 0 Å². The van der Waals surface area contributed by atoms with E-state index in [0.29, 0.717) is 37.2 Å². The molecular weight excluding hydrogens is 242 g/mol. The SMILES string of the molecule is CC1(O)CCN(C(=O)Nc2cccc(C#N)c2)CC1. The number of nitrogens with zero attached hydrogens (tertiary/aromatic N) is 2. The minimum atomic E-state index is -0.669. The van der Waals surface area contributed by atoms with Gasteiger partial charge in [-0.25, -0.2) is 4.79 Å². The van der Waals surface area contributed by atoms with Gasteiger partial charge in [0.25, 0.3) is 0 Å². The lowest BCUT2D eigenvalue weighted by atomic mass is 9.94. The zero-order valence-corrected chi connectivity index (χ0v) is 10.9. The van der Waals surface area contributed by atoms with Gasteiger partial charge in [-0.15, -0.1) is 0 Å². The van der Waals surface area contributed by atoms with E-state index in [9.17, 15) is 9.90 Å². The van der Waals surface area contributed by atoms with Gasteiger partial charge < -0.3 is 15.3 Å². The highest BCUT2D eigenvalue weighted by Gasteiger charge is 2.29. The molecule has 1 heterocycles. The average molecular weight is 259 g/mol. The van der Waals surface area contributed by atoms with Crippen LogP contribution in [0.25, 0.3) is 0 Å². The summed E-state index contributed by atoms with van der Waals surface area (Å²) >= 11 is 0. The number of nitriles is 1. The fraction of sp³-hybridized carbons (Fsp3) is 0.429. The Hall–Kier alpha value is -2.06. The van der Waals surface area contributed by atoms with Crippen LogP contribution in [0.2, 0.25) is 0 Å². The third kappa shape index (κ3) is 3.46. The molecule has 5 nitrogen and oxygen atoms in total. The summed E-state index contributed by atoms with van der Waals surface area (Å²) in [7, 11) is 0. The molecule has 1 aliphatic heterocycles. The molecule has 2 N–H and O–H groups in total. The van der Waals surface area contributed by atoms with E-state index in [1.807, 2.05) is 6.07 Å². The molecule has 0 bridgehead atoms. The van der Waals surface area contributed by atoms with Gasteiger partial charge in [-0.3, -0.25) is 0 Å². The molecule has 1 aromatic rings. The monoisotopic (exact) mass is 259 g/mol. The van der Waals surface area contributed by atoms with Gasteiger partial charge in [-0.05, 0) is 38.0 Å². The molecule has 2 rings (SSSR count). The molecule has 0 spiro atoms. The van der Waals surface area contributed by atoms with Gasteiger partial charge in [0.2, 0.25) is 0 Å². The van der Waals surface area contributed by atoms with E-state index in [2.05, 4.69) is 5.32 Å². The lowest BCUT2D eigenvalue weighted by molar-refractivity contribution is 0.00570. The second-order valence-corrected chi connectivity index (χ2v) is 5.11. The van der Waals surface area contributed by atoms with E-state index < -0.39 is 5.60 Å². The maximum atomic E-state index is 12.0. The minimum Gasteiger partial charge on any atom is -0.390 e. The van der Waals surface area contributed by atoms with E-state index in [-0.39, 0.29) is 6.03 Å². The van der Waals surface area contributed by atoms with Gasteiger partial charge in [0.15, 0.2) is 0 Å². The number of rotatable bonds is 1. The lowest BCUT2D eigenvalue weighted by Gasteiger charge is -2.35. The van der Waals surface area contributed by atoms with Gasteiger partial charge >= 0.3 is 6.03 Å². The van der Waals surface area contributed by atoms with Crippen molar-refractivity contribution < 1.29 is 9.90 Å². The second kappa shape index (κ2) is 5.29. The van der Waals surface area contributed by atoms with E-state index in [4.69, 9.17) is 5.26 Å². The van der Waals surface area contributed by atoms with Crippen LogP contribution in [0, 0.1) is 11.3 Å². The van der Waals surface area contributed by atoms with Crippen molar-refractivity contribution in [2.45, 2.75) is 25.4 Å². The number of anilines is 1. The molecule has 1 aromatic carbocycles. The summed E-state index contributed by atoms with van der Waals surface area (Å²) in [4.78, 5) is 13.7. The highest BCUT2D eigenvalue weighted by molar-refractivity contribution is 5.89. The van der Waals surface area contributed by atoms with Crippen molar-refractivity contribution in [2.24, 2.45) is 0 Å². The van der Waals surface area contributed by atoms with E-state index in [0.717, 1.165) is 0 Å². The number of hydrogen-bond acceptors (Lipinski definition) is 3. The van der Waals surface area contributed by atoms with Crippen molar-refractivity contribution in [3.8, 4) is 6.07 Å². The van der Waals surface area contributed by atoms with Crippen molar-refractivity contribution in [2.75, 3.05) is 18.4 Å². The Labute approximate surface area is 112 Å². The van der Waals surface area contributed by atoms with Gasteiger partial charge in [0.1, 0.15) is 0 Å². The first kappa shape index (κ1) is 13.4. The molecule has 0 aromatic heterocycles. The Kier molecular flexibility index (Phi) is 3.72. The normalized spacial score (nSPS) is 17.6. The third-order valence-electron chi connectivity index (χ3n) is 3.37. The van der Waals surface area contributed by atoms with E-state index in [1.165, 1.54) is 0 Å². The van der Waals surface area contributed by atoms with Crippen LogP contribution in [0.4, 0.5) is 10.5 Å². The molecule has 0 unspecified atom stereocenters. The Balaban J connectivity index is 1.96. The first-order valence-corrected chi connectivity index (χ1v) is 6.29. The van der Waals surface area contributed by atoms with Crippen LogP contribution in [-0.2, 0) is 0 Å². The van der Waals surface area contributed by atoms with Crippen LogP contribution < -0.4 is 5.32 Å². The first-order chi connectivity index (χ1) is 9.00. The standard InChI is InChI=1S/C14H17N3O2/c1-14(19)5-7-17(8-6-14)13(18)16-12-4-2-3-11(9-12)10-15/h2-4,9,19H,5-8H2,1H3,(H,16,18). The number of carbonyl (C=O) groups is 1. The maximum Gasteiger partial charge on any atom is 0.321 e. The van der Waals surface area contributed by atoms with Crippen LogP contribution in [-0.4, -0.2) is 34.7 Å². The maximum absolute atomic E-state index is 12.0. The number of hydrogen-bond donors (Lipinski definition) is 2. The predicted molar refractivity (Wildman–Crippen MR) is 71.6 cm³/mol. The molecule has 19 heavy (non-hydrogen) atoms. The van der Waals surface area contributed by atoms with Crippen LogP contribution in [0.15, 0.2) is 24.3 Å². The zero-order chi connectivity index (χ0) is 13.9. The highest BCUT2D eigenvalue weighted by atomic mass is 16.3. The Morgan fingerprint density at radius 1 is 1.47 bits per heavy atom. The summed E-state index contributed by atoms with van der Waals surface area (Å²) in [6.45, 7) is 2.87. The smallest absolute Gasteiger partial charge is 0.321 e. The molecule has 2 amide bonds. The number of nitrogens with one attached hydrogen (secondary N) is 1. The minimum absolute atomic E-state index is 0.189. The molecule has 1 fully saturated rings. The van der Waals surface area contributed by atoms with Crippen LogP contribution in [0.1, 0.15) is 25.3 Å². The number of likely N-dealkylation sites (tertiary alicyclic amines) is 1. The highest BCUT2D eigenvalue weighted by Crippen LogP contribution is 2.21. The van der Waals surface area contributed by atoms with Crippen molar-refractivity contribution in [3.05, 3.63) is 29.8 Å². The van der Waals surface area contributed by atoms with Crippen molar-refractivity contribution in [1.29, 1.82) is 5.26 Å². The summed E-state index contributed by atoms with van der Waals surface area (Å²) in [5.74, 6) is 0. The van der Waals surface area contributed by atoms with Gasteiger partial charge in [-0.1, -0.05) is 6.07 Å². The summed E-state index contributed by atoms with van der Waals surface area (Å²) in [6.07, 6.45) is 1.16. The van der Waals surface area contributed by atoms with Gasteiger partial charge in [-0.2, -0.15) is 5.26 Å².